The zero-order valence-electron chi connectivity index (χ0n) is 9.45. The summed E-state index contributed by atoms with van der Waals surface area (Å²) in [6.07, 6.45) is 3.88. The van der Waals surface area contributed by atoms with Gasteiger partial charge >= 0.3 is 0 Å². The third-order valence-electron chi connectivity index (χ3n) is 3.05. The van der Waals surface area contributed by atoms with Crippen LogP contribution in [0.2, 0.25) is 0 Å². The van der Waals surface area contributed by atoms with Gasteiger partial charge in [-0.2, -0.15) is 0 Å². The van der Waals surface area contributed by atoms with Gasteiger partial charge in [0.2, 0.25) is 0 Å². The number of halogens is 1. The number of benzene rings is 1. The molecule has 1 N–H and O–H groups in total. The molecular formula is C14H18BrN. The number of hydrogen-bond donors (Lipinski definition) is 1. The molecule has 86 valence electrons. The molecule has 1 nitrogen and oxygen atoms in total. The third-order valence-corrected chi connectivity index (χ3v) is 3.33. The Hall–Kier alpha value is -0.600. The number of hydrogen-bond acceptors (Lipinski definition) is 1. The van der Waals surface area contributed by atoms with Crippen molar-refractivity contribution in [2.45, 2.75) is 25.3 Å². The van der Waals surface area contributed by atoms with Crippen molar-refractivity contribution < 1.29 is 0 Å². The van der Waals surface area contributed by atoms with Gasteiger partial charge in [-0.05, 0) is 30.7 Å². The first-order valence-corrected chi connectivity index (χ1v) is 6.65. The molecule has 2 rings (SSSR count). The van der Waals surface area contributed by atoms with Gasteiger partial charge in [0.05, 0.1) is 0 Å². The predicted molar refractivity (Wildman–Crippen MR) is 72.7 cm³/mol. The lowest BCUT2D eigenvalue weighted by Gasteiger charge is -2.18. The Bertz CT molecular complexity index is 343. The van der Waals surface area contributed by atoms with Gasteiger partial charge in [-0.15, -0.1) is 0 Å². The van der Waals surface area contributed by atoms with E-state index in [1.807, 2.05) is 0 Å². The molecule has 2 heteroatoms. The van der Waals surface area contributed by atoms with Gasteiger partial charge in [0, 0.05) is 17.1 Å². The van der Waals surface area contributed by atoms with Gasteiger partial charge in [-0.3, -0.25) is 0 Å². The molecule has 0 aromatic heterocycles. The molecule has 16 heavy (non-hydrogen) atoms. The van der Waals surface area contributed by atoms with Crippen molar-refractivity contribution in [2.24, 2.45) is 5.92 Å². The van der Waals surface area contributed by atoms with Crippen LogP contribution < -0.4 is 5.32 Å². The molecule has 0 saturated heterocycles. The minimum Gasteiger partial charge on any atom is -0.309 e. The van der Waals surface area contributed by atoms with E-state index < -0.39 is 0 Å². The molecule has 1 fully saturated rings. The van der Waals surface area contributed by atoms with Crippen LogP contribution in [0.3, 0.4) is 0 Å². The topological polar surface area (TPSA) is 12.0 Å². The van der Waals surface area contributed by atoms with Crippen LogP contribution in [0, 0.1) is 5.92 Å². The van der Waals surface area contributed by atoms with Crippen LogP contribution in [0.15, 0.2) is 41.4 Å². The smallest absolute Gasteiger partial charge is 0.0268 e. The van der Waals surface area contributed by atoms with Crippen molar-refractivity contribution in [3.63, 3.8) is 0 Å². The van der Waals surface area contributed by atoms with Gasteiger partial charge in [-0.25, -0.2) is 0 Å². The van der Waals surface area contributed by atoms with Crippen LogP contribution in [-0.4, -0.2) is 12.6 Å². The summed E-state index contributed by atoms with van der Waals surface area (Å²) < 4.78 is 1.03. The van der Waals surface area contributed by atoms with Gasteiger partial charge in [0.1, 0.15) is 0 Å². The number of nitrogens with one attached hydrogen (secondary N) is 1. The molecule has 0 aliphatic heterocycles. The van der Waals surface area contributed by atoms with Crippen LogP contribution in [0.5, 0.6) is 0 Å². The fourth-order valence-electron chi connectivity index (χ4n) is 2.01. The summed E-state index contributed by atoms with van der Waals surface area (Å²) in [7, 11) is 0. The molecule has 1 unspecified atom stereocenters. The zero-order chi connectivity index (χ0) is 11.4. The molecule has 0 spiro atoms. The SMILES string of the molecule is C=C(Br)CNC(Cc1ccccc1)C1CC1. The highest BCUT2D eigenvalue weighted by Gasteiger charge is 2.30. The Morgan fingerprint density at radius 1 is 1.38 bits per heavy atom. The highest BCUT2D eigenvalue weighted by Crippen LogP contribution is 2.34. The minimum absolute atomic E-state index is 0.608. The van der Waals surface area contributed by atoms with Crippen molar-refractivity contribution in [3.8, 4) is 0 Å². The zero-order valence-corrected chi connectivity index (χ0v) is 11.0. The largest absolute Gasteiger partial charge is 0.309 e. The van der Waals surface area contributed by atoms with E-state index in [1.165, 1.54) is 18.4 Å². The first-order chi connectivity index (χ1) is 7.75. The summed E-state index contributed by atoms with van der Waals surface area (Å²) in [5.41, 5.74) is 1.42. The summed E-state index contributed by atoms with van der Waals surface area (Å²) >= 11 is 3.40. The minimum atomic E-state index is 0.608. The van der Waals surface area contributed by atoms with E-state index in [1.54, 1.807) is 0 Å². The van der Waals surface area contributed by atoms with Crippen LogP contribution in [0.25, 0.3) is 0 Å². The maximum atomic E-state index is 3.87. The monoisotopic (exact) mass is 279 g/mol. The van der Waals surface area contributed by atoms with Crippen molar-refractivity contribution >= 4 is 15.9 Å². The first kappa shape index (κ1) is 11.9. The van der Waals surface area contributed by atoms with E-state index in [-0.39, 0.29) is 0 Å². The first-order valence-electron chi connectivity index (χ1n) is 5.86. The van der Waals surface area contributed by atoms with Gasteiger partial charge in [-0.1, -0.05) is 52.8 Å². The molecule has 1 atom stereocenters. The second-order valence-corrected chi connectivity index (χ2v) is 5.65. The molecule has 1 aliphatic rings. The normalized spacial score (nSPS) is 17.1. The summed E-state index contributed by atoms with van der Waals surface area (Å²) in [6.45, 7) is 4.74. The Morgan fingerprint density at radius 3 is 2.62 bits per heavy atom. The maximum absolute atomic E-state index is 3.87. The Labute approximate surface area is 106 Å². The summed E-state index contributed by atoms with van der Waals surface area (Å²) in [5, 5.41) is 3.58. The molecule has 0 radical (unpaired) electrons. The molecule has 1 aromatic carbocycles. The molecule has 0 amide bonds. The van der Waals surface area contributed by atoms with Crippen LogP contribution in [0.4, 0.5) is 0 Å². The van der Waals surface area contributed by atoms with Crippen molar-refractivity contribution in [2.75, 3.05) is 6.54 Å². The van der Waals surface area contributed by atoms with Crippen LogP contribution in [0.1, 0.15) is 18.4 Å². The van der Waals surface area contributed by atoms with Crippen molar-refractivity contribution in [1.29, 1.82) is 0 Å². The van der Waals surface area contributed by atoms with Gasteiger partial charge in [0.15, 0.2) is 0 Å². The average molecular weight is 280 g/mol. The van der Waals surface area contributed by atoms with E-state index in [9.17, 15) is 0 Å². The highest BCUT2D eigenvalue weighted by atomic mass is 79.9. The molecule has 0 heterocycles. The summed E-state index contributed by atoms with van der Waals surface area (Å²) in [4.78, 5) is 0. The second kappa shape index (κ2) is 5.65. The van der Waals surface area contributed by atoms with E-state index >= 15 is 0 Å². The second-order valence-electron chi connectivity index (χ2n) is 4.53. The van der Waals surface area contributed by atoms with E-state index in [0.29, 0.717) is 6.04 Å². The Kier molecular flexibility index (Phi) is 4.19. The summed E-state index contributed by atoms with van der Waals surface area (Å²) in [5.74, 6) is 0.868. The predicted octanol–water partition coefficient (Wildman–Crippen LogP) is 3.51. The van der Waals surface area contributed by atoms with Gasteiger partial charge < -0.3 is 5.32 Å². The Balaban J connectivity index is 1.90. The Morgan fingerprint density at radius 2 is 2.06 bits per heavy atom. The molecule has 0 bridgehead atoms. The van der Waals surface area contributed by atoms with Crippen LogP contribution in [-0.2, 0) is 6.42 Å². The molecule has 1 saturated carbocycles. The third kappa shape index (κ3) is 3.76. The van der Waals surface area contributed by atoms with Crippen LogP contribution >= 0.6 is 15.9 Å². The molecular weight excluding hydrogens is 262 g/mol. The standard InChI is InChI=1S/C14H18BrN/c1-11(15)10-16-14(13-7-8-13)9-12-5-3-2-4-6-12/h2-6,13-14,16H,1,7-10H2. The quantitative estimate of drug-likeness (QED) is 0.841. The molecule has 1 aromatic rings. The lowest BCUT2D eigenvalue weighted by molar-refractivity contribution is 0.481. The van der Waals surface area contributed by atoms with Gasteiger partial charge in [0.25, 0.3) is 0 Å². The average Bonchev–Trinajstić information content (AvgIpc) is 3.09. The summed E-state index contributed by atoms with van der Waals surface area (Å²) in [6, 6.07) is 11.3. The van der Waals surface area contributed by atoms with Crippen molar-refractivity contribution in [1.82, 2.24) is 5.32 Å². The fourth-order valence-corrected chi connectivity index (χ4v) is 2.18. The lowest BCUT2D eigenvalue weighted by atomic mass is 10.0. The van der Waals surface area contributed by atoms with E-state index in [4.69, 9.17) is 0 Å². The number of rotatable bonds is 6. The van der Waals surface area contributed by atoms with E-state index in [0.717, 1.165) is 23.4 Å². The molecule has 1 aliphatic carbocycles. The fraction of sp³-hybridized carbons (Fsp3) is 0.429. The van der Waals surface area contributed by atoms with Crippen molar-refractivity contribution in [3.05, 3.63) is 47.0 Å². The lowest BCUT2D eigenvalue weighted by Crippen LogP contribution is -2.33. The maximum Gasteiger partial charge on any atom is 0.0268 e. The van der Waals surface area contributed by atoms with E-state index in [2.05, 4.69) is 58.2 Å². The highest BCUT2D eigenvalue weighted by molar-refractivity contribution is 9.11.